The number of carbonyl (C=O) groups excluding carboxylic acids is 2. The van der Waals surface area contributed by atoms with Crippen LogP contribution in [-0.4, -0.2) is 24.4 Å². The van der Waals surface area contributed by atoms with Gasteiger partial charge in [0.05, 0.1) is 0 Å². The fraction of sp³-hybridized carbons (Fsp3) is 0.714. The Morgan fingerprint density at radius 1 is 1.82 bits per heavy atom. The summed E-state index contributed by atoms with van der Waals surface area (Å²) in [5.41, 5.74) is 0. The fourth-order valence-corrected chi connectivity index (χ4v) is 1.10. The summed E-state index contributed by atoms with van der Waals surface area (Å²) in [5, 5.41) is 5.41. The van der Waals surface area contributed by atoms with Gasteiger partial charge in [-0.3, -0.25) is 9.59 Å². The van der Waals surface area contributed by atoms with Crippen LogP contribution in [0.15, 0.2) is 0 Å². The number of nitrogens with one attached hydrogen (secondary N) is 2. The number of carbonyl (C=O) groups is 2. The van der Waals surface area contributed by atoms with Crippen LogP contribution in [0.3, 0.4) is 0 Å². The third kappa shape index (κ3) is 2.57. The van der Waals surface area contributed by atoms with Gasteiger partial charge in [-0.2, -0.15) is 0 Å². The van der Waals surface area contributed by atoms with E-state index in [-0.39, 0.29) is 17.9 Å². The Kier molecular flexibility index (Phi) is 2.46. The standard InChI is InChI=1S/C7H12N2O2/c1-5(10)8-4-6-2-3-7(11)9-6/h6H,2-4H2,1H3,(H,8,10)(H,9,11). The maximum Gasteiger partial charge on any atom is 0.220 e. The van der Waals surface area contributed by atoms with Gasteiger partial charge in [-0.1, -0.05) is 0 Å². The molecule has 1 aliphatic rings. The molecule has 1 rings (SSSR count). The number of hydrogen-bond donors (Lipinski definition) is 2. The highest BCUT2D eigenvalue weighted by Crippen LogP contribution is 2.04. The molecule has 0 bridgehead atoms. The van der Waals surface area contributed by atoms with E-state index in [2.05, 4.69) is 10.6 Å². The molecule has 4 heteroatoms. The maximum atomic E-state index is 10.7. The van der Waals surface area contributed by atoms with E-state index < -0.39 is 0 Å². The molecular weight excluding hydrogens is 144 g/mol. The predicted molar refractivity (Wildman–Crippen MR) is 39.8 cm³/mol. The Balaban J connectivity index is 2.18. The first kappa shape index (κ1) is 8.04. The maximum absolute atomic E-state index is 10.7. The Morgan fingerprint density at radius 3 is 3.00 bits per heavy atom. The third-order valence-electron chi connectivity index (χ3n) is 1.68. The van der Waals surface area contributed by atoms with Crippen LogP contribution in [0.1, 0.15) is 19.8 Å². The minimum absolute atomic E-state index is 0.0499. The Bertz CT molecular complexity index is 179. The monoisotopic (exact) mass is 156 g/mol. The van der Waals surface area contributed by atoms with Gasteiger partial charge in [0.1, 0.15) is 0 Å². The van der Waals surface area contributed by atoms with E-state index in [0.29, 0.717) is 13.0 Å². The van der Waals surface area contributed by atoms with E-state index in [0.717, 1.165) is 6.42 Å². The lowest BCUT2D eigenvalue weighted by Crippen LogP contribution is -2.37. The summed E-state index contributed by atoms with van der Waals surface area (Å²) >= 11 is 0. The van der Waals surface area contributed by atoms with Gasteiger partial charge in [0.15, 0.2) is 0 Å². The van der Waals surface area contributed by atoms with Crippen molar-refractivity contribution in [3.63, 3.8) is 0 Å². The molecule has 1 fully saturated rings. The lowest BCUT2D eigenvalue weighted by Gasteiger charge is -2.08. The highest BCUT2D eigenvalue weighted by Gasteiger charge is 2.19. The van der Waals surface area contributed by atoms with Crippen molar-refractivity contribution in [3.05, 3.63) is 0 Å². The smallest absolute Gasteiger partial charge is 0.220 e. The summed E-state index contributed by atoms with van der Waals surface area (Å²) in [7, 11) is 0. The van der Waals surface area contributed by atoms with Crippen LogP contribution in [0.4, 0.5) is 0 Å². The van der Waals surface area contributed by atoms with Crippen LogP contribution in [0, 0.1) is 0 Å². The molecule has 0 aromatic carbocycles. The second kappa shape index (κ2) is 3.37. The van der Waals surface area contributed by atoms with E-state index in [9.17, 15) is 9.59 Å². The van der Waals surface area contributed by atoms with Crippen LogP contribution in [0.2, 0.25) is 0 Å². The van der Waals surface area contributed by atoms with Gasteiger partial charge >= 0.3 is 0 Å². The van der Waals surface area contributed by atoms with Crippen molar-refractivity contribution >= 4 is 11.8 Å². The van der Waals surface area contributed by atoms with E-state index in [1.54, 1.807) is 0 Å². The average molecular weight is 156 g/mol. The van der Waals surface area contributed by atoms with Crippen molar-refractivity contribution in [1.29, 1.82) is 0 Å². The Morgan fingerprint density at radius 2 is 2.55 bits per heavy atom. The zero-order valence-electron chi connectivity index (χ0n) is 6.52. The summed E-state index contributed by atoms with van der Waals surface area (Å²) in [4.78, 5) is 21.1. The van der Waals surface area contributed by atoms with Crippen molar-refractivity contribution in [2.75, 3.05) is 6.54 Å². The van der Waals surface area contributed by atoms with E-state index in [4.69, 9.17) is 0 Å². The third-order valence-corrected chi connectivity index (χ3v) is 1.68. The number of rotatable bonds is 2. The average Bonchev–Trinajstić information content (AvgIpc) is 2.31. The van der Waals surface area contributed by atoms with Crippen LogP contribution >= 0.6 is 0 Å². The second-order valence-electron chi connectivity index (χ2n) is 2.74. The van der Waals surface area contributed by atoms with Crippen LogP contribution < -0.4 is 10.6 Å². The molecule has 1 saturated heterocycles. The molecule has 62 valence electrons. The molecule has 0 aromatic heterocycles. The SMILES string of the molecule is CC(=O)NCC1CCC(=O)N1. The first-order chi connectivity index (χ1) is 5.18. The Hall–Kier alpha value is -1.06. The van der Waals surface area contributed by atoms with E-state index in [1.165, 1.54) is 6.92 Å². The zero-order chi connectivity index (χ0) is 8.27. The summed E-state index contributed by atoms with van der Waals surface area (Å²) in [6.07, 6.45) is 1.42. The van der Waals surface area contributed by atoms with Gasteiger partial charge in [-0.05, 0) is 6.42 Å². The minimum Gasteiger partial charge on any atom is -0.354 e. The van der Waals surface area contributed by atoms with Gasteiger partial charge in [0.2, 0.25) is 11.8 Å². The molecule has 0 saturated carbocycles. The normalized spacial score (nSPS) is 23.0. The molecule has 2 amide bonds. The Labute approximate surface area is 65.3 Å². The second-order valence-corrected chi connectivity index (χ2v) is 2.74. The largest absolute Gasteiger partial charge is 0.354 e. The quantitative estimate of drug-likeness (QED) is 0.561. The van der Waals surface area contributed by atoms with E-state index >= 15 is 0 Å². The van der Waals surface area contributed by atoms with Gasteiger partial charge in [0, 0.05) is 25.9 Å². The van der Waals surface area contributed by atoms with E-state index in [1.807, 2.05) is 0 Å². The van der Waals surface area contributed by atoms with Crippen molar-refractivity contribution in [3.8, 4) is 0 Å². The van der Waals surface area contributed by atoms with Crippen LogP contribution in [0.25, 0.3) is 0 Å². The summed E-state index contributed by atoms with van der Waals surface area (Å²) < 4.78 is 0. The molecule has 0 aromatic rings. The highest BCUT2D eigenvalue weighted by molar-refractivity contribution is 5.78. The predicted octanol–water partition coefficient (Wildman–Crippen LogP) is -0.599. The van der Waals surface area contributed by atoms with Gasteiger partial charge in [-0.25, -0.2) is 0 Å². The molecule has 4 nitrogen and oxygen atoms in total. The summed E-state index contributed by atoms with van der Waals surface area (Å²) in [5.74, 6) is 0.0338. The molecule has 1 aliphatic heterocycles. The zero-order valence-corrected chi connectivity index (χ0v) is 6.52. The number of amides is 2. The van der Waals surface area contributed by atoms with Crippen molar-refractivity contribution in [1.82, 2.24) is 10.6 Å². The molecule has 2 N–H and O–H groups in total. The molecule has 0 aliphatic carbocycles. The van der Waals surface area contributed by atoms with Gasteiger partial charge < -0.3 is 10.6 Å². The number of hydrogen-bond acceptors (Lipinski definition) is 2. The van der Waals surface area contributed by atoms with Crippen LogP contribution in [-0.2, 0) is 9.59 Å². The molecule has 1 unspecified atom stereocenters. The molecule has 1 atom stereocenters. The molecule has 0 spiro atoms. The molecule has 0 radical (unpaired) electrons. The minimum atomic E-state index is -0.0499. The fourth-order valence-electron chi connectivity index (χ4n) is 1.10. The lowest BCUT2D eigenvalue weighted by atomic mass is 10.2. The van der Waals surface area contributed by atoms with Gasteiger partial charge in [-0.15, -0.1) is 0 Å². The topological polar surface area (TPSA) is 58.2 Å². The molecular formula is C7H12N2O2. The van der Waals surface area contributed by atoms with Gasteiger partial charge in [0.25, 0.3) is 0 Å². The highest BCUT2D eigenvalue weighted by atomic mass is 16.2. The summed E-state index contributed by atoms with van der Waals surface area (Å²) in [6, 6.07) is 0.145. The summed E-state index contributed by atoms with van der Waals surface area (Å²) in [6.45, 7) is 2.03. The first-order valence-electron chi connectivity index (χ1n) is 3.72. The molecule has 11 heavy (non-hydrogen) atoms. The first-order valence-corrected chi connectivity index (χ1v) is 3.72. The van der Waals surface area contributed by atoms with Crippen molar-refractivity contribution < 1.29 is 9.59 Å². The van der Waals surface area contributed by atoms with Crippen LogP contribution in [0.5, 0.6) is 0 Å². The van der Waals surface area contributed by atoms with Crippen molar-refractivity contribution in [2.24, 2.45) is 0 Å². The molecule has 1 heterocycles. The van der Waals surface area contributed by atoms with Crippen molar-refractivity contribution in [2.45, 2.75) is 25.8 Å². The lowest BCUT2D eigenvalue weighted by molar-refractivity contribution is -0.120.